The van der Waals surface area contributed by atoms with Gasteiger partial charge in [0.05, 0.1) is 17.3 Å². The number of methoxy groups -OCH3 is 1. The summed E-state index contributed by atoms with van der Waals surface area (Å²) in [5.74, 6) is 1.71. The zero-order valence-corrected chi connectivity index (χ0v) is 11.6. The van der Waals surface area contributed by atoms with E-state index in [1.165, 1.54) is 12.8 Å². The highest BCUT2D eigenvalue weighted by atomic mass is 79.9. The molecule has 0 spiro atoms. The Morgan fingerprint density at radius 3 is 3.00 bits per heavy atom. The molecule has 0 aliphatic heterocycles. The third kappa shape index (κ3) is 2.22. The monoisotopic (exact) mass is 307 g/mol. The molecule has 94 valence electrons. The van der Waals surface area contributed by atoms with E-state index >= 15 is 0 Å². The van der Waals surface area contributed by atoms with Gasteiger partial charge in [0.15, 0.2) is 0 Å². The summed E-state index contributed by atoms with van der Waals surface area (Å²) in [6, 6.07) is 6.59. The third-order valence-corrected chi connectivity index (χ3v) is 3.62. The number of ether oxygens (including phenoxy) is 1. The molecule has 1 aliphatic carbocycles. The maximum Gasteiger partial charge on any atom is 0.207 e. The van der Waals surface area contributed by atoms with Crippen LogP contribution in [0.3, 0.4) is 0 Å². The Labute approximate surface area is 114 Å². The van der Waals surface area contributed by atoms with Gasteiger partial charge in [0, 0.05) is 24.5 Å². The summed E-state index contributed by atoms with van der Waals surface area (Å²) in [6.45, 7) is 0. The second-order valence-electron chi connectivity index (χ2n) is 4.36. The second-order valence-corrected chi connectivity index (χ2v) is 5.21. The average molecular weight is 308 g/mol. The molecule has 2 aromatic rings. The number of aromatic nitrogens is 2. The van der Waals surface area contributed by atoms with Crippen molar-refractivity contribution in [2.45, 2.75) is 18.9 Å². The fraction of sp³-hybridized carbons (Fsp3) is 0.308. The van der Waals surface area contributed by atoms with Crippen LogP contribution in [-0.2, 0) is 0 Å². The van der Waals surface area contributed by atoms with Crippen molar-refractivity contribution < 1.29 is 4.74 Å². The van der Waals surface area contributed by atoms with Crippen molar-refractivity contribution in [3.05, 3.63) is 35.1 Å². The second kappa shape index (κ2) is 4.65. The molecule has 0 bridgehead atoms. The summed E-state index contributed by atoms with van der Waals surface area (Å²) in [7, 11) is 1.67. The van der Waals surface area contributed by atoms with Gasteiger partial charge in [0.2, 0.25) is 5.95 Å². The van der Waals surface area contributed by atoms with E-state index in [9.17, 15) is 0 Å². The number of imidazole rings is 1. The summed E-state index contributed by atoms with van der Waals surface area (Å²) in [6.07, 6.45) is 6.22. The number of nitrogens with one attached hydrogen (secondary N) is 1. The van der Waals surface area contributed by atoms with Gasteiger partial charge in [-0.15, -0.1) is 0 Å². The van der Waals surface area contributed by atoms with E-state index < -0.39 is 0 Å². The Kier molecular flexibility index (Phi) is 2.99. The van der Waals surface area contributed by atoms with Crippen LogP contribution in [0.4, 0.5) is 5.95 Å². The molecule has 4 nitrogen and oxygen atoms in total. The molecule has 1 heterocycles. The quantitative estimate of drug-likeness (QED) is 0.942. The number of benzene rings is 1. The Morgan fingerprint density at radius 2 is 2.28 bits per heavy atom. The van der Waals surface area contributed by atoms with E-state index in [2.05, 4.69) is 26.2 Å². The molecule has 0 amide bonds. The van der Waals surface area contributed by atoms with Crippen molar-refractivity contribution in [2.75, 3.05) is 12.4 Å². The summed E-state index contributed by atoms with van der Waals surface area (Å²) in [5.41, 5.74) is 1.04. The SMILES string of the molecule is COc1cc(-n2ccnc2NC2CC2)ccc1Br. The summed E-state index contributed by atoms with van der Waals surface area (Å²) >= 11 is 3.46. The first-order chi connectivity index (χ1) is 8.78. The van der Waals surface area contributed by atoms with Crippen LogP contribution >= 0.6 is 15.9 Å². The molecule has 5 heteroatoms. The number of anilines is 1. The van der Waals surface area contributed by atoms with Crippen molar-refractivity contribution in [1.82, 2.24) is 9.55 Å². The Bertz CT molecular complexity index is 563. The molecule has 0 atom stereocenters. The zero-order valence-electron chi connectivity index (χ0n) is 10.1. The molecular formula is C13H14BrN3O. The standard InChI is InChI=1S/C13H14BrN3O/c1-18-12-8-10(4-5-11(12)14)17-7-6-15-13(17)16-9-2-3-9/h4-9H,2-3H2,1H3,(H,15,16). The zero-order chi connectivity index (χ0) is 12.5. The highest BCUT2D eigenvalue weighted by Crippen LogP contribution is 2.29. The minimum atomic E-state index is 0.587. The lowest BCUT2D eigenvalue weighted by molar-refractivity contribution is 0.412. The van der Waals surface area contributed by atoms with Gasteiger partial charge in [-0.05, 0) is 40.9 Å². The molecule has 0 radical (unpaired) electrons. The number of rotatable bonds is 4. The lowest BCUT2D eigenvalue weighted by Crippen LogP contribution is -2.07. The van der Waals surface area contributed by atoms with Crippen LogP contribution in [0, 0.1) is 0 Å². The molecule has 1 saturated carbocycles. The molecule has 1 aromatic carbocycles. The summed E-state index contributed by atoms with van der Waals surface area (Å²) < 4.78 is 8.30. The van der Waals surface area contributed by atoms with E-state index in [4.69, 9.17) is 4.74 Å². The molecule has 1 aromatic heterocycles. The van der Waals surface area contributed by atoms with Crippen LogP contribution in [0.5, 0.6) is 5.75 Å². The topological polar surface area (TPSA) is 39.1 Å². The van der Waals surface area contributed by atoms with Crippen LogP contribution in [-0.4, -0.2) is 22.7 Å². The van der Waals surface area contributed by atoms with Crippen LogP contribution in [0.25, 0.3) is 5.69 Å². The molecule has 0 saturated heterocycles. The van der Waals surface area contributed by atoms with Gasteiger partial charge in [0.1, 0.15) is 5.75 Å². The number of hydrogen-bond acceptors (Lipinski definition) is 3. The van der Waals surface area contributed by atoms with Crippen molar-refractivity contribution in [2.24, 2.45) is 0 Å². The van der Waals surface area contributed by atoms with Gasteiger partial charge in [0.25, 0.3) is 0 Å². The minimum absolute atomic E-state index is 0.587. The highest BCUT2D eigenvalue weighted by molar-refractivity contribution is 9.10. The van der Waals surface area contributed by atoms with E-state index in [1.54, 1.807) is 13.3 Å². The lowest BCUT2D eigenvalue weighted by atomic mass is 10.3. The number of nitrogens with zero attached hydrogens (tertiary/aromatic N) is 2. The molecule has 1 fully saturated rings. The first-order valence-electron chi connectivity index (χ1n) is 5.92. The molecule has 3 rings (SSSR count). The van der Waals surface area contributed by atoms with Crippen molar-refractivity contribution in [1.29, 1.82) is 0 Å². The van der Waals surface area contributed by atoms with Gasteiger partial charge in [-0.3, -0.25) is 4.57 Å². The predicted octanol–water partition coefficient (Wildman–Crippen LogP) is 3.22. The van der Waals surface area contributed by atoms with Gasteiger partial charge >= 0.3 is 0 Å². The maximum absolute atomic E-state index is 5.32. The van der Waals surface area contributed by atoms with Crippen molar-refractivity contribution in [3.8, 4) is 11.4 Å². The fourth-order valence-corrected chi connectivity index (χ4v) is 2.24. The van der Waals surface area contributed by atoms with Crippen molar-refractivity contribution >= 4 is 21.9 Å². The lowest BCUT2D eigenvalue weighted by Gasteiger charge is -2.11. The maximum atomic E-state index is 5.32. The van der Waals surface area contributed by atoms with E-state index in [0.717, 1.165) is 21.9 Å². The highest BCUT2D eigenvalue weighted by Gasteiger charge is 2.22. The van der Waals surface area contributed by atoms with Crippen LogP contribution in [0.1, 0.15) is 12.8 Å². The van der Waals surface area contributed by atoms with Gasteiger partial charge in [-0.25, -0.2) is 4.98 Å². The average Bonchev–Trinajstić information content (AvgIpc) is 3.07. The summed E-state index contributed by atoms with van der Waals surface area (Å²) in [4.78, 5) is 4.35. The van der Waals surface area contributed by atoms with Gasteiger partial charge in [-0.2, -0.15) is 0 Å². The number of halogens is 1. The minimum Gasteiger partial charge on any atom is -0.495 e. The van der Waals surface area contributed by atoms with Crippen LogP contribution in [0.15, 0.2) is 35.1 Å². The molecule has 1 N–H and O–H groups in total. The van der Waals surface area contributed by atoms with Crippen LogP contribution < -0.4 is 10.1 Å². The summed E-state index contributed by atoms with van der Waals surface area (Å²) in [5, 5.41) is 3.41. The molecular weight excluding hydrogens is 294 g/mol. The van der Waals surface area contributed by atoms with Gasteiger partial charge in [-0.1, -0.05) is 0 Å². The van der Waals surface area contributed by atoms with Gasteiger partial charge < -0.3 is 10.1 Å². The first kappa shape index (κ1) is 11.6. The molecule has 1 aliphatic rings. The van der Waals surface area contributed by atoms with Crippen molar-refractivity contribution in [3.63, 3.8) is 0 Å². The molecule has 0 unspecified atom stereocenters. The van der Waals surface area contributed by atoms with Crippen LogP contribution in [0.2, 0.25) is 0 Å². The largest absolute Gasteiger partial charge is 0.495 e. The Morgan fingerprint density at radius 1 is 1.44 bits per heavy atom. The third-order valence-electron chi connectivity index (χ3n) is 2.96. The van der Waals surface area contributed by atoms with E-state index in [0.29, 0.717) is 6.04 Å². The Hall–Kier alpha value is -1.49. The smallest absolute Gasteiger partial charge is 0.207 e. The predicted molar refractivity (Wildman–Crippen MR) is 74.5 cm³/mol. The van der Waals surface area contributed by atoms with E-state index in [1.807, 2.05) is 29.0 Å². The Balaban J connectivity index is 1.95. The normalized spacial score (nSPS) is 14.6. The number of hydrogen-bond donors (Lipinski definition) is 1. The first-order valence-corrected chi connectivity index (χ1v) is 6.71. The fourth-order valence-electron chi connectivity index (χ4n) is 1.83. The van der Waals surface area contributed by atoms with E-state index in [-0.39, 0.29) is 0 Å². The molecule has 18 heavy (non-hydrogen) atoms.